The Bertz CT molecular complexity index is 872. The van der Waals surface area contributed by atoms with E-state index >= 15 is 0 Å². The molecule has 25 heavy (non-hydrogen) atoms. The maximum absolute atomic E-state index is 5.70. The van der Waals surface area contributed by atoms with Gasteiger partial charge in [0.15, 0.2) is 0 Å². The summed E-state index contributed by atoms with van der Waals surface area (Å²) < 4.78 is 10.1. The van der Waals surface area contributed by atoms with Gasteiger partial charge in [-0.25, -0.2) is 4.68 Å². The highest BCUT2D eigenvalue weighted by Crippen LogP contribution is 2.19. The van der Waals surface area contributed by atoms with E-state index in [-0.39, 0.29) is 0 Å². The van der Waals surface area contributed by atoms with Crippen LogP contribution in [0.1, 0.15) is 12.5 Å². The maximum atomic E-state index is 5.70. The molecule has 0 N–H and O–H groups in total. The standard InChI is InChI=1S/C19H22N4OS/c1-3-24-18-12-8-7-9-16(18)13-21(2)15-23-19(25)22(14-20-23)17-10-5-4-6-11-17/h4-12,14H,3,13,15H2,1-2H3. The fraction of sp³-hybridized carbons (Fsp3) is 0.263. The molecule has 0 aliphatic heterocycles. The molecule has 0 fully saturated rings. The molecule has 3 aromatic rings. The third-order valence-electron chi connectivity index (χ3n) is 3.86. The van der Waals surface area contributed by atoms with Crippen LogP contribution in [0.3, 0.4) is 0 Å². The van der Waals surface area contributed by atoms with Crippen LogP contribution in [0.25, 0.3) is 5.69 Å². The third kappa shape index (κ3) is 4.15. The molecule has 0 spiro atoms. The molecule has 0 aliphatic rings. The number of nitrogens with zero attached hydrogens (tertiary/aromatic N) is 4. The Morgan fingerprint density at radius 1 is 1.08 bits per heavy atom. The Labute approximate surface area is 153 Å². The topological polar surface area (TPSA) is 35.2 Å². The van der Waals surface area contributed by atoms with Gasteiger partial charge in [0.1, 0.15) is 12.1 Å². The van der Waals surface area contributed by atoms with Crippen LogP contribution >= 0.6 is 12.2 Å². The van der Waals surface area contributed by atoms with Gasteiger partial charge in [-0.1, -0.05) is 36.4 Å². The van der Waals surface area contributed by atoms with E-state index < -0.39 is 0 Å². The summed E-state index contributed by atoms with van der Waals surface area (Å²) in [6.45, 7) is 4.03. The average molecular weight is 354 g/mol. The van der Waals surface area contributed by atoms with Gasteiger partial charge in [0, 0.05) is 17.8 Å². The maximum Gasteiger partial charge on any atom is 0.203 e. The first-order valence-corrected chi connectivity index (χ1v) is 8.69. The van der Waals surface area contributed by atoms with Gasteiger partial charge in [0.05, 0.1) is 13.3 Å². The number of para-hydroxylation sites is 2. The van der Waals surface area contributed by atoms with Crippen molar-refractivity contribution in [1.82, 2.24) is 19.2 Å². The lowest BCUT2D eigenvalue weighted by molar-refractivity contribution is 0.238. The first-order valence-electron chi connectivity index (χ1n) is 8.28. The average Bonchev–Trinajstić information content (AvgIpc) is 2.98. The second kappa shape index (κ2) is 8.09. The Balaban J connectivity index is 1.73. The summed E-state index contributed by atoms with van der Waals surface area (Å²) in [5.41, 5.74) is 2.17. The van der Waals surface area contributed by atoms with Gasteiger partial charge in [0.2, 0.25) is 4.77 Å². The van der Waals surface area contributed by atoms with Crippen molar-refractivity contribution in [2.75, 3.05) is 13.7 Å². The van der Waals surface area contributed by atoms with E-state index in [1.807, 2.05) is 71.8 Å². The minimum Gasteiger partial charge on any atom is -0.494 e. The SMILES string of the molecule is CCOc1ccccc1CN(C)Cn1ncn(-c2ccccc2)c1=S. The van der Waals surface area contributed by atoms with Gasteiger partial charge < -0.3 is 4.74 Å². The first kappa shape index (κ1) is 17.4. The Morgan fingerprint density at radius 3 is 2.56 bits per heavy atom. The van der Waals surface area contributed by atoms with Crippen molar-refractivity contribution in [3.8, 4) is 11.4 Å². The van der Waals surface area contributed by atoms with Crippen molar-refractivity contribution >= 4 is 12.2 Å². The largest absolute Gasteiger partial charge is 0.494 e. The van der Waals surface area contributed by atoms with Crippen molar-refractivity contribution in [3.63, 3.8) is 0 Å². The summed E-state index contributed by atoms with van der Waals surface area (Å²) in [4.78, 5) is 2.16. The molecule has 0 amide bonds. The van der Waals surface area contributed by atoms with Gasteiger partial charge in [-0.2, -0.15) is 5.10 Å². The smallest absolute Gasteiger partial charge is 0.203 e. The summed E-state index contributed by atoms with van der Waals surface area (Å²) in [6, 6.07) is 18.1. The highest BCUT2D eigenvalue weighted by atomic mass is 32.1. The van der Waals surface area contributed by atoms with Crippen molar-refractivity contribution in [2.45, 2.75) is 20.1 Å². The Morgan fingerprint density at radius 2 is 1.80 bits per heavy atom. The van der Waals surface area contributed by atoms with Crippen LogP contribution in [-0.2, 0) is 13.2 Å². The van der Waals surface area contributed by atoms with Crippen molar-refractivity contribution in [2.24, 2.45) is 0 Å². The number of hydrogen-bond donors (Lipinski definition) is 0. The molecule has 5 nitrogen and oxygen atoms in total. The highest BCUT2D eigenvalue weighted by molar-refractivity contribution is 7.71. The summed E-state index contributed by atoms with van der Waals surface area (Å²) in [7, 11) is 2.05. The summed E-state index contributed by atoms with van der Waals surface area (Å²) in [5.74, 6) is 0.926. The molecule has 0 saturated heterocycles. The fourth-order valence-corrected chi connectivity index (χ4v) is 2.96. The fourth-order valence-electron chi connectivity index (χ4n) is 2.70. The lowest BCUT2D eigenvalue weighted by atomic mass is 10.2. The summed E-state index contributed by atoms with van der Waals surface area (Å²) in [6.07, 6.45) is 1.76. The van der Waals surface area contributed by atoms with Crippen LogP contribution in [-0.4, -0.2) is 32.9 Å². The molecule has 6 heteroatoms. The quantitative estimate of drug-likeness (QED) is 0.603. The van der Waals surface area contributed by atoms with Gasteiger partial charge in [-0.05, 0) is 44.4 Å². The van der Waals surface area contributed by atoms with Crippen molar-refractivity contribution in [1.29, 1.82) is 0 Å². The number of hydrogen-bond acceptors (Lipinski definition) is 4. The molecule has 0 saturated carbocycles. The molecule has 0 bridgehead atoms. The number of rotatable bonds is 7. The number of aromatic nitrogens is 3. The van der Waals surface area contributed by atoms with E-state index in [0.717, 1.165) is 23.5 Å². The minimum absolute atomic E-state index is 0.610. The molecule has 0 unspecified atom stereocenters. The molecular weight excluding hydrogens is 332 g/mol. The van der Waals surface area contributed by atoms with Crippen LogP contribution in [0.15, 0.2) is 60.9 Å². The van der Waals surface area contributed by atoms with Crippen LogP contribution in [0.5, 0.6) is 5.75 Å². The second-order valence-electron chi connectivity index (χ2n) is 5.81. The second-order valence-corrected chi connectivity index (χ2v) is 6.18. The lowest BCUT2D eigenvalue weighted by Gasteiger charge is -2.18. The van der Waals surface area contributed by atoms with Crippen LogP contribution < -0.4 is 4.74 Å². The minimum atomic E-state index is 0.610. The van der Waals surface area contributed by atoms with Crippen LogP contribution in [0.4, 0.5) is 0 Å². The van der Waals surface area contributed by atoms with Gasteiger partial charge in [-0.3, -0.25) is 9.47 Å². The third-order valence-corrected chi connectivity index (χ3v) is 4.26. The molecule has 3 rings (SSSR count). The first-order chi connectivity index (χ1) is 12.2. The Kier molecular flexibility index (Phi) is 5.63. The van der Waals surface area contributed by atoms with Crippen molar-refractivity contribution < 1.29 is 4.74 Å². The summed E-state index contributed by atoms with van der Waals surface area (Å²) >= 11 is 5.57. The van der Waals surface area contributed by atoms with E-state index in [2.05, 4.69) is 16.1 Å². The number of benzene rings is 2. The summed E-state index contributed by atoms with van der Waals surface area (Å²) in [5, 5.41) is 4.44. The molecular formula is C19H22N4OS. The van der Waals surface area contributed by atoms with E-state index in [1.165, 1.54) is 0 Å². The Hall–Kier alpha value is -2.44. The van der Waals surface area contributed by atoms with E-state index in [1.54, 1.807) is 6.33 Å². The molecule has 1 heterocycles. The van der Waals surface area contributed by atoms with Crippen molar-refractivity contribution in [3.05, 3.63) is 71.3 Å². The van der Waals surface area contributed by atoms with E-state index in [0.29, 0.717) is 18.0 Å². The molecule has 0 radical (unpaired) electrons. The van der Waals surface area contributed by atoms with Gasteiger partial charge >= 0.3 is 0 Å². The number of ether oxygens (including phenoxy) is 1. The van der Waals surface area contributed by atoms with Crippen LogP contribution in [0, 0.1) is 4.77 Å². The molecule has 0 aliphatic carbocycles. The zero-order valence-corrected chi connectivity index (χ0v) is 15.3. The van der Waals surface area contributed by atoms with Crippen LogP contribution in [0.2, 0.25) is 0 Å². The predicted octanol–water partition coefficient (Wildman–Crippen LogP) is 3.89. The lowest BCUT2D eigenvalue weighted by Crippen LogP contribution is -2.23. The highest BCUT2D eigenvalue weighted by Gasteiger charge is 2.09. The van der Waals surface area contributed by atoms with E-state index in [4.69, 9.17) is 17.0 Å². The normalized spacial score (nSPS) is 11.0. The zero-order chi connectivity index (χ0) is 17.6. The zero-order valence-electron chi connectivity index (χ0n) is 14.5. The molecule has 1 aromatic heterocycles. The predicted molar refractivity (Wildman–Crippen MR) is 101 cm³/mol. The van der Waals surface area contributed by atoms with Gasteiger partial charge in [0.25, 0.3) is 0 Å². The van der Waals surface area contributed by atoms with E-state index in [9.17, 15) is 0 Å². The molecule has 0 atom stereocenters. The molecule has 130 valence electrons. The van der Waals surface area contributed by atoms with Gasteiger partial charge in [-0.15, -0.1) is 0 Å². The molecule has 2 aromatic carbocycles. The monoisotopic (exact) mass is 354 g/mol.